The molecule has 8 nitrogen and oxygen atoms in total. The van der Waals surface area contributed by atoms with E-state index in [9.17, 15) is 23.3 Å². The molecular weight excluding hydrogens is 430 g/mol. The van der Waals surface area contributed by atoms with Crippen LogP contribution in [0.3, 0.4) is 0 Å². The maximum absolute atomic E-state index is 13.4. The van der Waals surface area contributed by atoms with E-state index in [1.54, 1.807) is 18.2 Å². The lowest BCUT2D eigenvalue weighted by Gasteiger charge is -2.25. The monoisotopic (exact) mass is 453 g/mol. The van der Waals surface area contributed by atoms with E-state index in [0.717, 1.165) is 15.9 Å². The number of nitro benzene ring substituents is 1. The Morgan fingerprint density at radius 1 is 1.00 bits per heavy atom. The standard InChI is InChI=1S/C23H23N3O5S/c1-2-22(18-10-5-3-6-11-18)24-23(27)17-25(19-12-9-13-20(16-19)26(28)29)32(30,31)21-14-7-4-8-15-21/h3-16,22H,2,17H2,1H3,(H,24,27). The van der Waals surface area contributed by atoms with Crippen molar-refractivity contribution in [2.24, 2.45) is 0 Å². The van der Waals surface area contributed by atoms with Crippen molar-refractivity contribution in [2.45, 2.75) is 24.3 Å². The second-order valence-electron chi connectivity index (χ2n) is 7.04. The minimum atomic E-state index is -4.15. The van der Waals surface area contributed by atoms with Crippen LogP contribution >= 0.6 is 0 Å². The van der Waals surface area contributed by atoms with E-state index in [0.29, 0.717) is 6.42 Å². The normalized spacial score (nSPS) is 12.0. The molecule has 166 valence electrons. The molecule has 3 rings (SSSR count). The second-order valence-corrected chi connectivity index (χ2v) is 8.90. The van der Waals surface area contributed by atoms with Crippen LogP contribution in [0.1, 0.15) is 24.9 Å². The number of anilines is 1. The molecule has 9 heteroatoms. The van der Waals surface area contributed by atoms with Gasteiger partial charge in [0.05, 0.1) is 21.5 Å². The van der Waals surface area contributed by atoms with Crippen LogP contribution in [-0.2, 0) is 14.8 Å². The Labute approximate surface area is 186 Å². The third-order valence-electron chi connectivity index (χ3n) is 4.89. The van der Waals surface area contributed by atoms with Crippen LogP contribution in [0.25, 0.3) is 0 Å². The van der Waals surface area contributed by atoms with Crippen LogP contribution in [0, 0.1) is 10.1 Å². The number of nitrogens with zero attached hydrogens (tertiary/aromatic N) is 2. The lowest BCUT2D eigenvalue weighted by molar-refractivity contribution is -0.384. The van der Waals surface area contributed by atoms with E-state index in [2.05, 4.69) is 5.32 Å². The van der Waals surface area contributed by atoms with Crippen molar-refractivity contribution in [3.05, 3.63) is 101 Å². The average molecular weight is 454 g/mol. The number of nitro groups is 1. The van der Waals surface area contributed by atoms with Crippen LogP contribution in [0.5, 0.6) is 0 Å². The van der Waals surface area contributed by atoms with Gasteiger partial charge in [0, 0.05) is 12.1 Å². The number of sulfonamides is 1. The maximum Gasteiger partial charge on any atom is 0.271 e. The summed E-state index contributed by atoms with van der Waals surface area (Å²) in [5, 5.41) is 14.1. The Kier molecular flexibility index (Phi) is 7.21. The largest absolute Gasteiger partial charge is 0.348 e. The van der Waals surface area contributed by atoms with Gasteiger partial charge in [-0.05, 0) is 30.2 Å². The van der Waals surface area contributed by atoms with Crippen molar-refractivity contribution in [1.82, 2.24) is 5.32 Å². The van der Waals surface area contributed by atoms with Gasteiger partial charge in [-0.2, -0.15) is 0 Å². The Morgan fingerprint density at radius 3 is 2.22 bits per heavy atom. The molecule has 0 fully saturated rings. The molecule has 0 aliphatic rings. The van der Waals surface area contributed by atoms with Crippen LogP contribution < -0.4 is 9.62 Å². The number of non-ortho nitro benzene ring substituents is 1. The van der Waals surface area contributed by atoms with Gasteiger partial charge in [-0.1, -0.05) is 61.5 Å². The minimum absolute atomic E-state index is 0.0191. The summed E-state index contributed by atoms with van der Waals surface area (Å²) >= 11 is 0. The van der Waals surface area contributed by atoms with E-state index < -0.39 is 27.4 Å². The van der Waals surface area contributed by atoms with Gasteiger partial charge < -0.3 is 5.32 Å². The van der Waals surface area contributed by atoms with Gasteiger partial charge in [0.1, 0.15) is 6.54 Å². The molecule has 0 aliphatic heterocycles. The molecule has 3 aromatic carbocycles. The van der Waals surface area contributed by atoms with Gasteiger partial charge >= 0.3 is 0 Å². The van der Waals surface area contributed by atoms with Crippen LogP contribution in [-0.4, -0.2) is 25.8 Å². The first-order valence-electron chi connectivity index (χ1n) is 9.99. The number of hydrogen-bond donors (Lipinski definition) is 1. The predicted molar refractivity (Wildman–Crippen MR) is 122 cm³/mol. The van der Waals surface area contributed by atoms with E-state index in [4.69, 9.17) is 0 Å². The van der Waals surface area contributed by atoms with E-state index in [-0.39, 0.29) is 22.3 Å². The first kappa shape index (κ1) is 23.0. The fraction of sp³-hybridized carbons (Fsp3) is 0.174. The molecule has 0 bridgehead atoms. The fourth-order valence-corrected chi connectivity index (χ4v) is 4.71. The molecule has 3 aromatic rings. The molecule has 0 spiro atoms. The zero-order valence-electron chi connectivity index (χ0n) is 17.4. The first-order valence-corrected chi connectivity index (χ1v) is 11.4. The van der Waals surface area contributed by atoms with Crippen LogP contribution in [0.2, 0.25) is 0 Å². The summed E-state index contributed by atoms with van der Waals surface area (Å²) in [4.78, 5) is 23.5. The van der Waals surface area contributed by atoms with Gasteiger partial charge in [0.15, 0.2) is 0 Å². The number of rotatable bonds is 9. The SMILES string of the molecule is CCC(NC(=O)CN(c1cccc([N+](=O)[O-])c1)S(=O)(=O)c1ccccc1)c1ccccc1. The summed E-state index contributed by atoms with van der Waals surface area (Å²) in [7, 11) is -4.15. The summed E-state index contributed by atoms with van der Waals surface area (Å²) in [5.74, 6) is -0.522. The molecule has 0 saturated carbocycles. The van der Waals surface area contributed by atoms with Crippen LogP contribution in [0.15, 0.2) is 89.8 Å². The van der Waals surface area contributed by atoms with Crippen molar-refractivity contribution in [3.63, 3.8) is 0 Å². The van der Waals surface area contributed by atoms with Gasteiger partial charge in [0.2, 0.25) is 5.91 Å². The number of benzene rings is 3. The predicted octanol–water partition coefficient (Wildman–Crippen LogP) is 4.06. The highest BCUT2D eigenvalue weighted by molar-refractivity contribution is 7.92. The Bertz CT molecular complexity index is 1180. The van der Waals surface area contributed by atoms with Crippen molar-refractivity contribution in [1.29, 1.82) is 0 Å². The van der Waals surface area contributed by atoms with Gasteiger partial charge in [-0.15, -0.1) is 0 Å². The summed E-state index contributed by atoms with van der Waals surface area (Å²) in [5.41, 5.74) is 0.661. The summed E-state index contributed by atoms with van der Waals surface area (Å²) in [6.07, 6.45) is 0.609. The first-order chi connectivity index (χ1) is 15.3. The number of carbonyl (C=O) groups excluding carboxylic acids is 1. The minimum Gasteiger partial charge on any atom is -0.348 e. The zero-order chi connectivity index (χ0) is 23.1. The average Bonchev–Trinajstić information content (AvgIpc) is 2.82. The molecule has 1 unspecified atom stereocenters. The van der Waals surface area contributed by atoms with Crippen molar-refractivity contribution >= 4 is 27.3 Å². The lowest BCUT2D eigenvalue weighted by atomic mass is 10.0. The Balaban J connectivity index is 1.95. The summed E-state index contributed by atoms with van der Waals surface area (Å²) in [6.45, 7) is 1.39. The highest BCUT2D eigenvalue weighted by Gasteiger charge is 2.28. The lowest BCUT2D eigenvalue weighted by Crippen LogP contribution is -2.42. The molecule has 32 heavy (non-hydrogen) atoms. The molecule has 0 heterocycles. The molecule has 1 amide bonds. The van der Waals surface area contributed by atoms with Gasteiger partial charge in [-0.25, -0.2) is 8.42 Å². The highest BCUT2D eigenvalue weighted by atomic mass is 32.2. The van der Waals surface area contributed by atoms with E-state index >= 15 is 0 Å². The fourth-order valence-electron chi connectivity index (χ4n) is 3.27. The summed E-state index contributed by atoms with van der Waals surface area (Å²) in [6, 6.07) is 21.9. The molecular formula is C23H23N3O5S. The molecule has 0 aromatic heterocycles. The quantitative estimate of drug-likeness (QED) is 0.388. The third kappa shape index (κ3) is 5.30. The smallest absolute Gasteiger partial charge is 0.271 e. The van der Waals surface area contributed by atoms with Gasteiger partial charge in [0.25, 0.3) is 15.7 Å². The second kappa shape index (κ2) is 10.1. The Hall–Kier alpha value is -3.72. The van der Waals surface area contributed by atoms with E-state index in [1.165, 1.54) is 30.3 Å². The van der Waals surface area contributed by atoms with Crippen LogP contribution in [0.4, 0.5) is 11.4 Å². The maximum atomic E-state index is 13.4. The summed E-state index contributed by atoms with van der Waals surface area (Å²) < 4.78 is 27.6. The number of amides is 1. The zero-order valence-corrected chi connectivity index (χ0v) is 18.2. The molecule has 0 aliphatic carbocycles. The van der Waals surface area contributed by atoms with E-state index in [1.807, 2.05) is 37.3 Å². The molecule has 0 saturated heterocycles. The third-order valence-corrected chi connectivity index (χ3v) is 6.68. The molecule has 1 N–H and O–H groups in total. The number of hydrogen-bond acceptors (Lipinski definition) is 5. The van der Waals surface area contributed by atoms with Crippen molar-refractivity contribution in [2.75, 3.05) is 10.8 Å². The Morgan fingerprint density at radius 2 is 1.62 bits per heavy atom. The van der Waals surface area contributed by atoms with Crippen molar-refractivity contribution < 1.29 is 18.1 Å². The number of nitrogens with one attached hydrogen (secondary N) is 1. The topological polar surface area (TPSA) is 110 Å². The van der Waals surface area contributed by atoms with Crippen molar-refractivity contribution in [3.8, 4) is 0 Å². The molecule has 0 radical (unpaired) electrons. The molecule has 1 atom stereocenters. The van der Waals surface area contributed by atoms with Gasteiger partial charge in [-0.3, -0.25) is 19.2 Å². The number of carbonyl (C=O) groups is 1. The highest BCUT2D eigenvalue weighted by Crippen LogP contribution is 2.27.